The van der Waals surface area contributed by atoms with Crippen LogP contribution >= 0.6 is 0 Å². The first-order valence-electron chi connectivity index (χ1n) is 9.75. The minimum atomic E-state index is -1.17. The van der Waals surface area contributed by atoms with Gasteiger partial charge in [-0.2, -0.15) is 0 Å². The van der Waals surface area contributed by atoms with Gasteiger partial charge in [-0.05, 0) is 45.2 Å². The number of carboxylic acid groups (broad SMARTS) is 1. The Morgan fingerprint density at radius 2 is 1.63 bits per heavy atom. The van der Waals surface area contributed by atoms with Crippen molar-refractivity contribution in [3.8, 4) is 0 Å². The molecule has 0 fully saturated rings. The summed E-state index contributed by atoms with van der Waals surface area (Å²) in [4.78, 5) is 55.6. The lowest BCUT2D eigenvalue weighted by Gasteiger charge is -2.32. The summed E-state index contributed by atoms with van der Waals surface area (Å²) >= 11 is 0. The summed E-state index contributed by atoms with van der Waals surface area (Å²) in [7, 11) is 0. The fraction of sp³-hybridized carbons (Fsp3) is 0.524. The molecule has 3 amide bonds. The average Bonchev–Trinajstić information content (AvgIpc) is 2.87. The number of aliphatic carboxylic acids is 1. The number of carboxylic acids is 1. The normalized spacial score (nSPS) is 14.7. The number of nitrogens with zero attached hydrogens (tertiary/aromatic N) is 2. The molecule has 1 heterocycles. The zero-order valence-corrected chi connectivity index (χ0v) is 17.9. The number of ether oxygens (including phenoxy) is 1. The van der Waals surface area contributed by atoms with E-state index in [2.05, 4.69) is 0 Å². The zero-order chi connectivity index (χ0) is 22.6. The van der Waals surface area contributed by atoms with Crippen molar-refractivity contribution < 1.29 is 33.9 Å². The van der Waals surface area contributed by atoms with E-state index in [0.717, 1.165) is 4.90 Å². The third kappa shape index (κ3) is 5.56. The third-order valence-corrected chi connectivity index (χ3v) is 4.29. The number of carbonyl (C=O) groups excluding carboxylic acids is 3. The van der Waals surface area contributed by atoms with E-state index in [1.807, 2.05) is 13.8 Å². The standard InChI is InChI=1S/C21H28N2O7/c1-13(2)12-16(19(26)27)22(20(28)30-21(3,4)5)10-11-29-23-17(24)14-8-6-7-9-15(14)18(23)25/h6-9,13,16H,10-12H2,1-5H3,(H,26,27)/t16-/m0/s1. The fourth-order valence-electron chi connectivity index (χ4n) is 3.02. The average molecular weight is 420 g/mol. The summed E-state index contributed by atoms with van der Waals surface area (Å²) in [5.74, 6) is -2.36. The van der Waals surface area contributed by atoms with Crippen molar-refractivity contribution in [2.24, 2.45) is 5.92 Å². The smallest absolute Gasteiger partial charge is 0.411 e. The van der Waals surface area contributed by atoms with Gasteiger partial charge in [0, 0.05) is 0 Å². The van der Waals surface area contributed by atoms with Crippen molar-refractivity contribution in [1.82, 2.24) is 9.96 Å². The highest BCUT2D eigenvalue weighted by atomic mass is 16.7. The van der Waals surface area contributed by atoms with Crippen molar-refractivity contribution in [1.29, 1.82) is 0 Å². The summed E-state index contributed by atoms with van der Waals surface area (Å²) in [6.07, 6.45) is -0.594. The predicted molar refractivity (Wildman–Crippen MR) is 107 cm³/mol. The van der Waals surface area contributed by atoms with Crippen LogP contribution in [0.5, 0.6) is 0 Å². The van der Waals surface area contributed by atoms with Gasteiger partial charge in [0.15, 0.2) is 0 Å². The molecule has 164 valence electrons. The molecule has 0 saturated carbocycles. The molecule has 30 heavy (non-hydrogen) atoms. The number of benzene rings is 1. The van der Waals surface area contributed by atoms with Crippen LogP contribution in [0.4, 0.5) is 4.79 Å². The molecular formula is C21H28N2O7. The van der Waals surface area contributed by atoms with E-state index in [1.165, 1.54) is 12.1 Å². The van der Waals surface area contributed by atoms with Crippen molar-refractivity contribution in [2.45, 2.75) is 52.7 Å². The molecule has 1 aliphatic heterocycles. The summed E-state index contributed by atoms with van der Waals surface area (Å²) in [5.41, 5.74) is -0.357. The molecule has 0 aromatic heterocycles. The maximum atomic E-state index is 12.7. The second-order valence-electron chi connectivity index (χ2n) is 8.44. The lowest BCUT2D eigenvalue weighted by atomic mass is 10.0. The maximum Gasteiger partial charge on any atom is 0.411 e. The lowest BCUT2D eigenvalue weighted by Crippen LogP contribution is -2.49. The highest BCUT2D eigenvalue weighted by Crippen LogP contribution is 2.23. The molecule has 9 nitrogen and oxygen atoms in total. The van der Waals surface area contributed by atoms with E-state index < -0.39 is 35.5 Å². The summed E-state index contributed by atoms with van der Waals surface area (Å²) in [6, 6.07) is 5.19. The largest absolute Gasteiger partial charge is 0.480 e. The van der Waals surface area contributed by atoms with Crippen LogP contribution in [0.25, 0.3) is 0 Å². The van der Waals surface area contributed by atoms with Gasteiger partial charge < -0.3 is 9.84 Å². The van der Waals surface area contributed by atoms with Gasteiger partial charge in [0.25, 0.3) is 11.8 Å². The van der Waals surface area contributed by atoms with Crippen molar-refractivity contribution in [3.05, 3.63) is 35.4 Å². The van der Waals surface area contributed by atoms with Crippen LogP contribution in [0.15, 0.2) is 24.3 Å². The van der Waals surface area contributed by atoms with E-state index in [9.17, 15) is 24.3 Å². The minimum Gasteiger partial charge on any atom is -0.480 e. The summed E-state index contributed by atoms with van der Waals surface area (Å²) < 4.78 is 5.35. The third-order valence-electron chi connectivity index (χ3n) is 4.29. The van der Waals surface area contributed by atoms with Crippen LogP contribution in [0.2, 0.25) is 0 Å². The molecule has 9 heteroatoms. The Balaban J connectivity index is 2.12. The van der Waals surface area contributed by atoms with Gasteiger partial charge in [0.05, 0.1) is 24.3 Å². The second kappa shape index (κ2) is 9.25. The summed E-state index contributed by atoms with van der Waals surface area (Å²) in [6.45, 7) is 8.29. The van der Waals surface area contributed by atoms with Gasteiger partial charge in [0.2, 0.25) is 0 Å². The first-order valence-corrected chi connectivity index (χ1v) is 9.75. The lowest BCUT2D eigenvalue weighted by molar-refractivity contribution is -0.145. The Hall–Kier alpha value is -2.94. The molecule has 0 aliphatic carbocycles. The molecule has 0 spiro atoms. The predicted octanol–water partition coefficient (Wildman–Crippen LogP) is 2.95. The van der Waals surface area contributed by atoms with Crippen LogP contribution in [0.3, 0.4) is 0 Å². The van der Waals surface area contributed by atoms with Crippen LogP contribution in [-0.2, 0) is 14.4 Å². The Bertz CT molecular complexity index is 794. The SMILES string of the molecule is CC(C)C[C@@H](C(=O)O)N(CCON1C(=O)c2ccccc2C1=O)C(=O)OC(C)(C)C. The molecule has 0 bridgehead atoms. The number of amides is 3. The number of imide groups is 1. The maximum absolute atomic E-state index is 12.7. The van der Waals surface area contributed by atoms with Crippen molar-refractivity contribution in [3.63, 3.8) is 0 Å². The fourth-order valence-corrected chi connectivity index (χ4v) is 3.02. The first-order chi connectivity index (χ1) is 13.9. The Labute approximate surface area is 175 Å². The van der Waals surface area contributed by atoms with E-state index >= 15 is 0 Å². The highest BCUT2D eigenvalue weighted by molar-refractivity contribution is 6.20. The van der Waals surface area contributed by atoms with E-state index in [1.54, 1.807) is 32.9 Å². The van der Waals surface area contributed by atoms with Gasteiger partial charge in [-0.25, -0.2) is 9.59 Å². The number of rotatable bonds is 8. The molecule has 1 N–H and O–H groups in total. The monoisotopic (exact) mass is 420 g/mol. The number of fused-ring (bicyclic) bond motifs is 1. The number of carbonyl (C=O) groups is 4. The van der Waals surface area contributed by atoms with Crippen LogP contribution in [0, 0.1) is 5.92 Å². The molecule has 1 atom stereocenters. The topological polar surface area (TPSA) is 113 Å². The molecule has 1 aromatic rings. The number of hydroxylamine groups is 2. The molecule has 1 aliphatic rings. The molecule has 0 radical (unpaired) electrons. The Morgan fingerprint density at radius 1 is 1.10 bits per heavy atom. The van der Waals surface area contributed by atoms with Crippen LogP contribution in [-0.4, -0.2) is 63.7 Å². The second-order valence-corrected chi connectivity index (χ2v) is 8.44. The minimum absolute atomic E-state index is 0.00759. The zero-order valence-electron chi connectivity index (χ0n) is 17.9. The van der Waals surface area contributed by atoms with Crippen LogP contribution in [0.1, 0.15) is 61.8 Å². The number of hydrogen-bond acceptors (Lipinski definition) is 6. The van der Waals surface area contributed by atoms with Gasteiger partial charge >= 0.3 is 12.1 Å². The quantitative estimate of drug-likeness (QED) is 0.643. The van der Waals surface area contributed by atoms with Gasteiger partial charge in [0.1, 0.15) is 11.6 Å². The molecule has 1 aromatic carbocycles. The van der Waals surface area contributed by atoms with Gasteiger partial charge in [-0.3, -0.25) is 19.3 Å². The highest BCUT2D eigenvalue weighted by Gasteiger charge is 2.38. The molecule has 0 unspecified atom stereocenters. The van der Waals surface area contributed by atoms with Crippen molar-refractivity contribution >= 4 is 23.9 Å². The van der Waals surface area contributed by atoms with Crippen LogP contribution < -0.4 is 0 Å². The molecule has 0 saturated heterocycles. The van der Waals surface area contributed by atoms with Gasteiger partial charge in [-0.15, -0.1) is 5.06 Å². The van der Waals surface area contributed by atoms with E-state index in [0.29, 0.717) is 5.06 Å². The molecular weight excluding hydrogens is 392 g/mol. The molecule has 2 rings (SSSR count). The van der Waals surface area contributed by atoms with E-state index in [4.69, 9.17) is 9.57 Å². The number of hydrogen-bond donors (Lipinski definition) is 1. The van der Waals surface area contributed by atoms with Gasteiger partial charge in [-0.1, -0.05) is 26.0 Å². The summed E-state index contributed by atoms with van der Waals surface area (Å²) in [5, 5.41) is 10.3. The van der Waals surface area contributed by atoms with E-state index in [-0.39, 0.29) is 36.6 Å². The Morgan fingerprint density at radius 3 is 2.07 bits per heavy atom. The Kier molecular flexibility index (Phi) is 7.20. The van der Waals surface area contributed by atoms with Crippen molar-refractivity contribution in [2.75, 3.05) is 13.2 Å². The first kappa shape index (κ1) is 23.3.